The monoisotopic (exact) mass is 872 g/mol. The lowest BCUT2D eigenvalue weighted by atomic mass is 9.33. The zero-order chi connectivity index (χ0) is 46.2. The lowest BCUT2D eigenvalue weighted by molar-refractivity contribution is 0.590. The predicted octanol–water partition coefficient (Wildman–Crippen LogP) is 14.9. The third kappa shape index (κ3) is 5.20. The summed E-state index contributed by atoms with van der Waals surface area (Å²) in [6, 6.07) is 67.8. The Labute approximate surface area is 399 Å². The van der Waals surface area contributed by atoms with Gasteiger partial charge in [-0.2, -0.15) is 0 Å². The van der Waals surface area contributed by atoms with Gasteiger partial charge in [-0.25, -0.2) is 0 Å². The molecule has 2 nitrogen and oxygen atoms in total. The second-order valence-electron chi connectivity index (χ2n) is 22.5. The van der Waals surface area contributed by atoms with Gasteiger partial charge >= 0.3 is 0 Å². The molecular formula is C65H53BN2. The van der Waals surface area contributed by atoms with Crippen molar-refractivity contribution in [1.82, 2.24) is 9.13 Å². The number of hydrogen-bond donors (Lipinski definition) is 0. The van der Waals surface area contributed by atoms with Gasteiger partial charge in [0.05, 0.1) is 16.7 Å². The van der Waals surface area contributed by atoms with Gasteiger partial charge in [0.2, 0.25) is 0 Å². The normalized spacial score (nSPS) is 14.3. The van der Waals surface area contributed by atoms with Crippen LogP contribution in [0.1, 0.15) is 77.6 Å². The SMILES string of the molecule is CC(C)(C)c1ccc2c(c1)c1cc(C(C)(C)C)cc3c1n2-c1cc(-c2cccc4c2C(C)(C)c2ccccc2-4)cc2c1B3c1c3ccccc3cc3c(-c4ccccc4)c(-c4ccccc4)n-2c13. The maximum absolute atomic E-state index is 2.70. The zero-order valence-corrected chi connectivity index (χ0v) is 40.2. The van der Waals surface area contributed by atoms with Gasteiger partial charge in [0, 0.05) is 44.0 Å². The third-order valence-corrected chi connectivity index (χ3v) is 16.1. The summed E-state index contributed by atoms with van der Waals surface area (Å²) in [5.41, 5.74) is 26.0. The van der Waals surface area contributed by atoms with Crippen LogP contribution < -0.4 is 16.4 Å². The summed E-state index contributed by atoms with van der Waals surface area (Å²) in [5.74, 6) is 0. The van der Waals surface area contributed by atoms with Crippen LogP contribution in [0, 0.1) is 0 Å². The molecule has 0 unspecified atom stereocenters. The molecular weight excluding hydrogens is 820 g/mol. The third-order valence-electron chi connectivity index (χ3n) is 16.1. The fourth-order valence-corrected chi connectivity index (χ4v) is 13.0. The summed E-state index contributed by atoms with van der Waals surface area (Å²) in [6.07, 6.45) is 0. The van der Waals surface area contributed by atoms with E-state index in [0.29, 0.717) is 0 Å². The minimum Gasteiger partial charge on any atom is -0.310 e. The van der Waals surface area contributed by atoms with Crippen molar-refractivity contribution < 1.29 is 0 Å². The van der Waals surface area contributed by atoms with Crippen LogP contribution in [0.4, 0.5) is 0 Å². The summed E-state index contributed by atoms with van der Waals surface area (Å²) in [7, 11) is 0. The van der Waals surface area contributed by atoms with Crippen molar-refractivity contribution in [3.63, 3.8) is 0 Å². The van der Waals surface area contributed by atoms with Gasteiger partial charge in [0.25, 0.3) is 6.71 Å². The van der Waals surface area contributed by atoms with Crippen LogP contribution in [-0.4, -0.2) is 15.8 Å². The molecule has 0 N–H and O–H groups in total. The van der Waals surface area contributed by atoms with Crippen LogP contribution in [0.15, 0.2) is 176 Å². The Morgan fingerprint density at radius 3 is 1.82 bits per heavy atom. The molecule has 0 bridgehead atoms. The number of hydrogen-bond acceptors (Lipinski definition) is 0. The predicted molar refractivity (Wildman–Crippen MR) is 291 cm³/mol. The summed E-state index contributed by atoms with van der Waals surface area (Å²) in [4.78, 5) is 0. The Hall–Kier alpha value is -7.36. The molecule has 68 heavy (non-hydrogen) atoms. The second-order valence-corrected chi connectivity index (χ2v) is 22.5. The van der Waals surface area contributed by atoms with E-state index in [-0.39, 0.29) is 23.0 Å². The molecule has 9 aromatic carbocycles. The van der Waals surface area contributed by atoms with Gasteiger partial charge in [0.15, 0.2) is 0 Å². The fraction of sp³-hybridized carbons (Fsp3) is 0.169. The molecule has 14 rings (SSSR count). The molecule has 0 spiro atoms. The topological polar surface area (TPSA) is 9.86 Å². The first-order valence-corrected chi connectivity index (χ1v) is 24.6. The van der Waals surface area contributed by atoms with Gasteiger partial charge < -0.3 is 9.13 Å². The van der Waals surface area contributed by atoms with Crippen molar-refractivity contribution in [3.05, 3.63) is 198 Å². The number of rotatable bonds is 3. The molecule has 0 amide bonds. The highest BCUT2D eigenvalue weighted by Crippen LogP contribution is 2.53. The van der Waals surface area contributed by atoms with Crippen molar-refractivity contribution in [1.29, 1.82) is 0 Å². The summed E-state index contributed by atoms with van der Waals surface area (Å²) in [5, 5.41) is 6.56. The van der Waals surface area contributed by atoms with Crippen molar-refractivity contribution in [2.24, 2.45) is 0 Å². The van der Waals surface area contributed by atoms with E-state index in [9.17, 15) is 0 Å². The van der Waals surface area contributed by atoms with Crippen LogP contribution >= 0.6 is 0 Å². The first-order valence-electron chi connectivity index (χ1n) is 24.6. The maximum Gasteiger partial charge on any atom is 0.253 e. The lowest BCUT2D eigenvalue weighted by Gasteiger charge is -2.36. The largest absolute Gasteiger partial charge is 0.310 e. The van der Waals surface area contributed by atoms with Crippen LogP contribution in [0.5, 0.6) is 0 Å². The van der Waals surface area contributed by atoms with Gasteiger partial charge in [-0.3, -0.25) is 0 Å². The molecule has 326 valence electrons. The highest BCUT2D eigenvalue weighted by molar-refractivity contribution is 7.01. The van der Waals surface area contributed by atoms with Crippen LogP contribution in [0.2, 0.25) is 0 Å². The summed E-state index contributed by atoms with van der Waals surface area (Å²) < 4.78 is 5.38. The first-order chi connectivity index (χ1) is 32.8. The molecule has 1 aliphatic carbocycles. The Bertz CT molecular complexity index is 4000. The van der Waals surface area contributed by atoms with Gasteiger partial charge in [-0.05, 0) is 130 Å². The molecule has 2 aliphatic heterocycles. The van der Waals surface area contributed by atoms with Crippen LogP contribution in [0.3, 0.4) is 0 Å². The molecule has 3 heteroatoms. The molecule has 0 saturated carbocycles. The average molecular weight is 873 g/mol. The summed E-state index contributed by atoms with van der Waals surface area (Å²) in [6.45, 7) is 19.0. The lowest BCUT2D eigenvalue weighted by Crippen LogP contribution is -2.60. The molecule has 0 radical (unpaired) electrons. The molecule has 0 saturated heterocycles. The van der Waals surface area contributed by atoms with E-state index >= 15 is 0 Å². The number of aromatic nitrogens is 2. The van der Waals surface area contributed by atoms with Crippen molar-refractivity contribution in [2.45, 2.75) is 71.6 Å². The number of benzene rings is 9. The second kappa shape index (κ2) is 13.4. The quantitative estimate of drug-likeness (QED) is 0.157. The molecule has 0 fully saturated rings. The standard InChI is InChI=1S/C65H53BN2/c1-63(2,3)42-30-31-53-48(35-42)49-36-43(64(4,5)6)37-52-61(49)67(53)54-33-41(44-27-19-28-47-46-26-17-18-29-51(46)65(7,8)57(44)47)34-55-59(54)66(52)58-45-25-16-15-24-40(45)32-50-56(38-20-11-9-12-21-38)60(68(55)62(50)58)39-22-13-10-14-23-39/h9-37H,1-8H3. The minimum absolute atomic E-state index is 0.00256. The molecule has 0 atom stereocenters. The first kappa shape index (κ1) is 39.8. The number of fused-ring (bicyclic) bond motifs is 12. The van der Waals surface area contributed by atoms with Crippen molar-refractivity contribution in [3.8, 4) is 56.0 Å². The average Bonchev–Trinajstić information content (AvgIpc) is 3.94. The molecule has 4 heterocycles. The smallest absolute Gasteiger partial charge is 0.253 e. The van der Waals surface area contributed by atoms with Gasteiger partial charge in [0.1, 0.15) is 0 Å². The van der Waals surface area contributed by atoms with E-state index in [2.05, 4.69) is 240 Å². The van der Waals surface area contributed by atoms with Crippen molar-refractivity contribution in [2.75, 3.05) is 0 Å². The van der Waals surface area contributed by atoms with E-state index in [1.807, 2.05) is 0 Å². The molecule has 11 aromatic rings. The summed E-state index contributed by atoms with van der Waals surface area (Å²) >= 11 is 0. The van der Waals surface area contributed by atoms with Crippen LogP contribution in [0.25, 0.3) is 99.5 Å². The Morgan fingerprint density at radius 1 is 0.441 bits per heavy atom. The highest BCUT2D eigenvalue weighted by atomic mass is 15.0. The van der Waals surface area contributed by atoms with E-state index in [1.54, 1.807) is 0 Å². The van der Waals surface area contributed by atoms with E-state index < -0.39 is 0 Å². The zero-order valence-electron chi connectivity index (χ0n) is 40.2. The highest BCUT2D eigenvalue weighted by Gasteiger charge is 2.45. The maximum atomic E-state index is 2.70. The van der Waals surface area contributed by atoms with E-state index in [1.165, 1.54) is 138 Å². The van der Waals surface area contributed by atoms with E-state index in [0.717, 1.165) is 0 Å². The van der Waals surface area contributed by atoms with Gasteiger partial charge in [-0.15, -0.1) is 0 Å². The number of nitrogens with zero attached hydrogens (tertiary/aromatic N) is 2. The Balaban J connectivity index is 1.23. The molecule has 3 aliphatic rings. The van der Waals surface area contributed by atoms with E-state index in [4.69, 9.17) is 0 Å². The Kier molecular flexibility index (Phi) is 7.85. The molecule has 2 aromatic heterocycles. The van der Waals surface area contributed by atoms with Crippen LogP contribution in [-0.2, 0) is 16.2 Å². The van der Waals surface area contributed by atoms with Crippen molar-refractivity contribution >= 4 is 66.6 Å². The Morgan fingerprint density at radius 2 is 1.07 bits per heavy atom. The minimum atomic E-state index is -0.188. The fourth-order valence-electron chi connectivity index (χ4n) is 13.0. The van der Waals surface area contributed by atoms with Gasteiger partial charge in [-0.1, -0.05) is 195 Å².